The normalized spacial score (nSPS) is 26.2. The number of sulfone groups is 1. The van der Waals surface area contributed by atoms with Crippen LogP contribution in [-0.2, 0) is 9.84 Å². The summed E-state index contributed by atoms with van der Waals surface area (Å²) >= 11 is 0. The molecule has 0 heterocycles. The Morgan fingerprint density at radius 2 is 2.00 bits per heavy atom. The number of allylic oxidation sites excluding steroid dienone is 2. The van der Waals surface area contributed by atoms with Crippen molar-refractivity contribution in [3.05, 3.63) is 42.0 Å². The minimum absolute atomic E-state index is 0.300. The van der Waals surface area contributed by atoms with Gasteiger partial charge in [-0.1, -0.05) is 29.8 Å². The molecule has 2 atom stereocenters. The third-order valence-electron chi connectivity index (χ3n) is 3.14. The van der Waals surface area contributed by atoms with Crippen LogP contribution >= 0.6 is 0 Å². The molecule has 0 saturated heterocycles. The van der Waals surface area contributed by atoms with Gasteiger partial charge in [-0.15, -0.1) is 0 Å². The van der Waals surface area contributed by atoms with Crippen molar-refractivity contribution in [3.63, 3.8) is 0 Å². The molecule has 3 nitrogen and oxygen atoms in total. The summed E-state index contributed by atoms with van der Waals surface area (Å²) in [4.78, 5) is 0.300. The van der Waals surface area contributed by atoms with Crippen molar-refractivity contribution >= 4 is 9.84 Å². The Balaban J connectivity index is 2.37. The van der Waals surface area contributed by atoms with Gasteiger partial charge in [0.05, 0.1) is 21.6 Å². The van der Waals surface area contributed by atoms with Gasteiger partial charge in [0.25, 0.3) is 0 Å². The average molecular weight is 261 g/mol. The van der Waals surface area contributed by atoms with E-state index in [9.17, 15) is 13.7 Å². The Morgan fingerprint density at radius 3 is 2.50 bits per heavy atom. The van der Waals surface area contributed by atoms with Crippen molar-refractivity contribution in [1.29, 1.82) is 5.26 Å². The van der Waals surface area contributed by atoms with Crippen LogP contribution in [0.25, 0.3) is 0 Å². The zero-order valence-electron chi connectivity index (χ0n) is 10.4. The molecule has 1 aliphatic rings. The molecular formula is C14H15NO2S. The number of hydrogen-bond acceptors (Lipinski definition) is 3. The predicted molar refractivity (Wildman–Crippen MR) is 69.5 cm³/mol. The third kappa shape index (κ3) is 2.06. The molecule has 0 spiro atoms. The van der Waals surface area contributed by atoms with Gasteiger partial charge in [0, 0.05) is 0 Å². The van der Waals surface area contributed by atoms with Crippen LogP contribution in [0, 0.1) is 16.7 Å². The van der Waals surface area contributed by atoms with Crippen molar-refractivity contribution < 1.29 is 8.42 Å². The fourth-order valence-corrected chi connectivity index (χ4v) is 4.26. The lowest BCUT2D eigenvalue weighted by molar-refractivity contribution is 0.591. The molecule has 4 heteroatoms. The van der Waals surface area contributed by atoms with Crippen LogP contribution in [0.4, 0.5) is 0 Å². The van der Waals surface area contributed by atoms with Gasteiger partial charge in [-0.05, 0) is 32.4 Å². The molecule has 1 aliphatic carbocycles. The molecule has 0 radical (unpaired) electrons. The molecule has 1 fully saturated rings. The third-order valence-corrected chi connectivity index (χ3v) is 5.40. The highest BCUT2D eigenvalue weighted by Crippen LogP contribution is 2.53. The van der Waals surface area contributed by atoms with Crippen LogP contribution < -0.4 is 0 Å². The van der Waals surface area contributed by atoms with E-state index in [1.54, 1.807) is 36.4 Å². The maximum Gasteiger partial charge on any atom is 0.183 e. The molecule has 0 N–H and O–H groups in total. The van der Waals surface area contributed by atoms with Gasteiger partial charge in [0.15, 0.2) is 9.84 Å². The maximum absolute atomic E-state index is 12.4. The average Bonchev–Trinajstić information content (AvgIpc) is 3.05. The summed E-state index contributed by atoms with van der Waals surface area (Å²) < 4.78 is 24.7. The molecule has 0 aliphatic heterocycles. The van der Waals surface area contributed by atoms with E-state index in [1.165, 1.54) is 0 Å². The molecule has 1 aromatic rings. The van der Waals surface area contributed by atoms with E-state index >= 15 is 0 Å². The van der Waals surface area contributed by atoms with Crippen LogP contribution in [0.15, 0.2) is 46.9 Å². The zero-order chi connectivity index (χ0) is 13.4. The molecule has 18 heavy (non-hydrogen) atoms. The molecule has 1 saturated carbocycles. The van der Waals surface area contributed by atoms with E-state index in [0.29, 0.717) is 11.3 Å². The summed E-state index contributed by atoms with van der Waals surface area (Å²) in [5.74, 6) is 0. The lowest BCUT2D eigenvalue weighted by Gasteiger charge is -2.06. The number of rotatable bonds is 3. The van der Waals surface area contributed by atoms with Crippen LogP contribution in [0.1, 0.15) is 20.3 Å². The van der Waals surface area contributed by atoms with Crippen LogP contribution in [0.2, 0.25) is 0 Å². The molecule has 0 aromatic heterocycles. The Hall–Kier alpha value is -1.60. The Bertz CT molecular complexity index is 622. The molecular weight excluding hydrogens is 246 g/mol. The summed E-state index contributed by atoms with van der Waals surface area (Å²) in [6.07, 6.45) is 2.17. The number of hydrogen-bond donors (Lipinski definition) is 0. The first-order chi connectivity index (χ1) is 8.42. The van der Waals surface area contributed by atoms with Crippen molar-refractivity contribution in [3.8, 4) is 6.07 Å². The fraction of sp³-hybridized carbons (Fsp3) is 0.357. The molecule has 1 aromatic carbocycles. The van der Waals surface area contributed by atoms with Crippen molar-refractivity contribution in [2.75, 3.05) is 0 Å². The van der Waals surface area contributed by atoms with Gasteiger partial charge < -0.3 is 0 Å². The second-order valence-electron chi connectivity index (χ2n) is 4.92. The van der Waals surface area contributed by atoms with Crippen LogP contribution in [-0.4, -0.2) is 13.7 Å². The maximum atomic E-state index is 12.4. The van der Waals surface area contributed by atoms with E-state index in [1.807, 2.05) is 13.8 Å². The SMILES string of the molecule is CC(C)=CC1(C#N)CC1S(=O)(=O)c1ccccc1. The Labute approximate surface area is 108 Å². The smallest absolute Gasteiger partial charge is 0.183 e. The molecule has 2 rings (SSSR count). The second-order valence-corrected chi connectivity index (χ2v) is 7.06. The quantitative estimate of drug-likeness (QED) is 0.786. The van der Waals surface area contributed by atoms with Gasteiger partial charge in [0.1, 0.15) is 0 Å². The van der Waals surface area contributed by atoms with E-state index in [2.05, 4.69) is 6.07 Å². The summed E-state index contributed by atoms with van der Waals surface area (Å²) in [7, 11) is -3.40. The summed E-state index contributed by atoms with van der Waals surface area (Å²) in [6.45, 7) is 3.76. The molecule has 94 valence electrons. The van der Waals surface area contributed by atoms with E-state index in [4.69, 9.17) is 0 Å². The minimum Gasteiger partial charge on any atom is -0.223 e. The highest BCUT2D eigenvalue weighted by atomic mass is 32.2. The first-order valence-corrected chi connectivity index (χ1v) is 7.33. The van der Waals surface area contributed by atoms with Crippen molar-refractivity contribution in [2.24, 2.45) is 5.41 Å². The largest absolute Gasteiger partial charge is 0.223 e. The predicted octanol–water partition coefficient (Wildman–Crippen LogP) is 2.71. The summed E-state index contributed by atoms with van der Waals surface area (Å²) in [5.41, 5.74) is 0.148. The van der Waals surface area contributed by atoms with E-state index in [0.717, 1.165) is 5.57 Å². The zero-order valence-corrected chi connectivity index (χ0v) is 11.2. The van der Waals surface area contributed by atoms with Crippen molar-refractivity contribution in [1.82, 2.24) is 0 Å². The Morgan fingerprint density at radius 1 is 1.39 bits per heavy atom. The number of nitriles is 1. The highest BCUT2D eigenvalue weighted by molar-refractivity contribution is 7.92. The lowest BCUT2D eigenvalue weighted by Crippen LogP contribution is -2.14. The van der Waals surface area contributed by atoms with Crippen LogP contribution in [0.3, 0.4) is 0 Å². The van der Waals surface area contributed by atoms with Gasteiger partial charge in [-0.3, -0.25) is 0 Å². The number of benzene rings is 1. The second kappa shape index (κ2) is 4.25. The molecule has 2 unspecified atom stereocenters. The summed E-state index contributed by atoms with van der Waals surface area (Å²) in [5, 5.41) is 8.62. The van der Waals surface area contributed by atoms with Gasteiger partial charge in [-0.25, -0.2) is 8.42 Å². The summed E-state index contributed by atoms with van der Waals surface area (Å²) in [6, 6.07) is 10.5. The first kappa shape index (κ1) is 12.8. The lowest BCUT2D eigenvalue weighted by atomic mass is 10.1. The van der Waals surface area contributed by atoms with Crippen molar-refractivity contribution in [2.45, 2.75) is 30.4 Å². The van der Waals surface area contributed by atoms with Gasteiger partial charge >= 0.3 is 0 Å². The van der Waals surface area contributed by atoms with Crippen LogP contribution in [0.5, 0.6) is 0 Å². The minimum atomic E-state index is -3.40. The number of nitrogens with zero attached hydrogens (tertiary/aromatic N) is 1. The van der Waals surface area contributed by atoms with E-state index < -0.39 is 20.5 Å². The monoisotopic (exact) mass is 261 g/mol. The molecule has 0 amide bonds. The fourth-order valence-electron chi connectivity index (χ4n) is 2.23. The topological polar surface area (TPSA) is 57.9 Å². The highest BCUT2D eigenvalue weighted by Gasteiger charge is 2.60. The Kier molecular flexibility index (Phi) is 3.04. The molecule has 0 bridgehead atoms. The standard InChI is InChI=1S/C14H15NO2S/c1-11(2)8-14(10-15)9-13(14)18(16,17)12-6-4-3-5-7-12/h3-8,13H,9H2,1-2H3. The van der Waals surface area contributed by atoms with E-state index in [-0.39, 0.29) is 0 Å². The van der Waals surface area contributed by atoms with Gasteiger partial charge in [0.2, 0.25) is 0 Å². The van der Waals surface area contributed by atoms with Gasteiger partial charge in [-0.2, -0.15) is 5.26 Å². The first-order valence-electron chi connectivity index (χ1n) is 5.79.